The fraction of sp³-hybridized carbons (Fsp3) is 0.480. The van der Waals surface area contributed by atoms with Crippen molar-refractivity contribution in [2.75, 3.05) is 33.4 Å². The molecule has 1 saturated heterocycles. The second kappa shape index (κ2) is 13.7. The lowest BCUT2D eigenvalue weighted by molar-refractivity contribution is 0.0355. The van der Waals surface area contributed by atoms with Crippen LogP contribution in [-0.4, -0.2) is 44.8 Å². The van der Waals surface area contributed by atoms with Gasteiger partial charge in [0.25, 0.3) is 0 Å². The van der Waals surface area contributed by atoms with Gasteiger partial charge < -0.3 is 20.7 Å². The van der Waals surface area contributed by atoms with Gasteiger partial charge in [-0.25, -0.2) is 0 Å². The molecular weight excluding hydrogens is 499 g/mol. The molecule has 1 aliphatic rings. The lowest BCUT2D eigenvalue weighted by atomic mass is 9.88. The molecule has 1 aliphatic heterocycles. The van der Waals surface area contributed by atoms with E-state index in [1.54, 1.807) is 0 Å². The first-order chi connectivity index (χ1) is 14.7. The Hall–Kier alpha value is -1.64. The number of nitrogens with one attached hydrogen (secondary N) is 3. The van der Waals surface area contributed by atoms with Crippen LogP contribution < -0.4 is 16.0 Å². The number of guanidine groups is 1. The van der Waals surface area contributed by atoms with Crippen LogP contribution in [0.5, 0.6) is 0 Å². The van der Waals surface area contributed by atoms with Gasteiger partial charge in [0, 0.05) is 44.9 Å². The van der Waals surface area contributed by atoms with Gasteiger partial charge in [0.15, 0.2) is 5.96 Å². The number of hydrogen-bond donors (Lipinski definition) is 3. The smallest absolute Gasteiger partial charge is 0.191 e. The van der Waals surface area contributed by atoms with E-state index in [1.807, 2.05) is 7.05 Å². The molecule has 1 unspecified atom stereocenters. The molecule has 2 aromatic carbocycles. The zero-order valence-electron chi connectivity index (χ0n) is 18.8. The Morgan fingerprint density at radius 3 is 2.29 bits per heavy atom. The predicted octanol–water partition coefficient (Wildman–Crippen LogP) is 4.30. The molecular formula is C25H37IN4O. The van der Waals surface area contributed by atoms with Crippen LogP contribution in [0.2, 0.25) is 0 Å². The molecule has 0 aliphatic carbocycles. The normalized spacial score (nSPS) is 16.8. The van der Waals surface area contributed by atoms with E-state index >= 15 is 0 Å². The van der Waals surface area contributed by atoms with E-state index in [-0.39, 0.29) is 35.6 Å². The van der Waals surface area contributed by atoms with Crippen molar-refractivity contribution in [3.63, 3.8) is 0 Å². The first-order valence-corrected chi connectivity index (χ1v) is 11.1. The Morgan fingerprint density at radius 1 is 1.00 bits per heavy atom. The number of rotatable bonds is 9. The number of hydrogen-bond acceptors (Lipinski definition) is 3. The van der Waals surface area contributed by atoms with Crippen molar-refractivity contribution in [1.82, 2.24) is 16.0 Å². The molecule has 1 atom stereocenters. The van der Waals surface area contributed by atoms with Crippen molar-refractivity contribution in [3.05, 3.63) is 71.8 Å². The summed E-state index contributed by atoms with van der Waals surface area (Å²) >= 11 is 0. The minimum atomic E-state index is -0.00479. The monoisotopic (exact) mass is 536 g/mol. The minimum absolute atomic E-state index is 0. The summed E-state index contributed by atoms with van der Waals surface area (Å²) in [6.45, 7) is 5.55. The van der Waals surface area contributed by atoms with Gasteiger partial charge in [-0.15, -0.1) is 24.0 Å². The summed E-state index contributed by atoms with van der Waals surface area (Å²) in [5, 5.41) is 10.9. The third-order valence-electron chi connectivity index (χ3n) is 5.87. The predicted molar refractivity (Wildman–Crippen MR) is 140 cm³/mol. The zero-order chi connectivity index (χ0) is 21.1. The molecule has 2 aromatic rings. The van der Waals surface area contributed by atoms with Crippen molar-refractivity contribution in [3.8, 4) is 0 Å². The molecule has 0 bridgehead atoms. The van der Waals surface area contributed by atoms with Crippen molar-refractivity contribution in [1.29, 1.82) is 0 Å². The summed E-state index contributed by atoms with van der Waals surface area (Å²) in [7, 11) is 1.84. The molecule has 0 radical (unpaired) electrons. The first-order valence-electron chi connectivity index (χ1n) is 11.1. The Labute approximate surface area is 204 Å². The van der Waals surface area contributed by atoms with Gasteiger partial charge in [-0.2, -0.15) is 0 Å². The summed E-state index contributed by atoms with van der Waals surface area (Å²) in [6.07, 6.45) is 4.12. The van der Waals surface area contributed by atoms with Gasteiger partial charge in [-0.3, -0.25) is 4.99 Å². The fourth-order valence-corrected chi connectivity index (χ4v) is 4.04. The summed E-state index contributed by atoms with van der Waals surface area (Å²) in [6, 6.07) is 21.5. The number of aryl methyl sites for hydroxylation is 1. The van der Waals surface area contributed by atoms with Crippen molar-refractivity contribution < 1.29 is 4.74 Å². The van der Waals surface area contributed by atoms with Crippen molar-refractivity contribution in [2.24, 2.45) is 4.99 Å². The van der Waals surface area contributed by atoms with Crippen LogP contribution in [0.1, 0.15) is 43.4 Å². The van der Waals surface area contributed by atoms with Gasteiger partial charge in [0.2, 0.25) is 0 Å². The van der Waals surface area contributed by atoms with Crippen LogP contribution in [0.4, 0.5) is 0 Å². The van der Waals surface area contributed by atoms with Gasteiger partial charge in [0.1, 0.15) is 0 Å². The lowest BCUT2D eigenvalue weighted by Crippen LogP contribution is -2.58. The summed E-state index contributed by atoms with van der Waals surface area (Å²) in [4.78, 5) is 4.42. The largest absolute Gasteiger partial charge is 0.381 e. The Balaban J connectivity index is 0.00000341. The van der Waals surface area contributed by atoms with Crippen LogP contribution >= 0.6 is 24.0 Å². The van der Waals surface area contributed by atoms with Crippen LogP contribution in [0.25, 0.3) is 0 Å². The maximum atomic E-state index is 5.65. The molecule has 0 amide bonds. The van der Waals surface area contributed by atoms with Crippen molar-refractivity contribution in [2.45, 2.75) is 44.2 Å². The van der Waals surface area contributed by atoms with Gasteiger partial charge in [-0.1, -0.05) is 60.7 Å². The highest BCUT2D eigenvalue weighted by Gasteiger charge is 2.34. The molecule has 31 heavy (non-hydrogen) atoms. The topological polar surface area (TPSA) is 57.7 Å². The highest BCUT2D eigenvalue weighted by molar-refractivity contribution is 14.0. The average Bonchev–Trinajstić information content (AvgIpc) is 2.80. The maximum absolute atomic E-state index is 5.65. The van der Waals surface area contributed by atoms with Crippen LogP contribution in [0.15, 0.2) is 65.7 Å². The second-order valence-corrected chi connectivity index (χ2v) is 8.11. The third-order valence-corrected chi connectivity index (χ3v) is 5.87. The molecule has 1 heterocycles. The fourth-order valence-electron chi connectivity index (χ4n) is 4.04. The number of nitrogens with zero attached hydrogens (tertiary/aromatic N) is 1. The van der Waals surface area contributed by atoms with Crippen molar-refractivity contribution >= 4 is 29.9 Å². The Kier molecular flexibility index (Phi) is 11.3. The molecule has 0 spiro atoms. The second-order valence-electron chi connectivity index (χ2n) is 8.11. The molecule has 0 saturated carbocycles. The van der Waals surface area contributed by atoms with E-state index in [2.05, 4.69) is 88.5 Å². The average molecular weight is 537 g/mol. The molecule has 5 nitrogen and oxygen atoms in total. The first kappa shape index (κ1) is 25.6. The van der Waals surface area contributed by atoms with Crippen LogP contribution in [-0.2, 0) is 11.2 Å². The molecule has 3 N–H and O–H groups in total. The SMILES string of the molecule is CN=C(NCCCc1ccccc1)NCC1(NC(C)c2ccccc2)CCOCC1.I. The van der Waals surface area contributed by atoms with E-state index < -0.39 is 0 Å². The zero-order valence-corrected chi connectivity index (χ0v) is 21.1. The molecule has 1 fully saturated rings. The molecule has 3 rings (SSSR count). The van der Waals surface area contributed by atoms with Crippen LogP contribution in [0, 0.1) is 0 Å². The number of halogens is 1. The van der Waals surface area contributed by atoms with E-state index in [4.69, 9.17) is 4.74 Å². The van der Waals surface area contributed by atoms with E-state index in [0.717, 1.165) is 57.9 Å². The third kappa shape index (κ3) is 8.43. The highest BCUT2D eigenvalue weighted by Crippen LogP contribution is 2.25. The molecule has 6 heteroatoms. The number of ether oxygens (including phenoxy) is 1. The summed E-state index contributed by atoms with van der Waals surface area (Å²) < 4.78 is 5.65. The number of aliphatic imine (C=N–C) groups is 1. The van der Waals surface area contributed by atoms with Crippen LogP contribution in [0.3, 0.4) is 0 Å². The highest BCUT2D eigenvalue weighted by atomic mass is 127. The maximum Gasteiger partial charge on any atom is 0.191 e. The van der Waals surface area contributed by atoms with E-state index in [9.17, 15) is 0 Å². The van der Waals surface area contributed by atoms with Gasteiger partial charge in [0.05, 0.1) is 0 Å². The van der Waals surface area contributed by atoms with Gasteiger partial charge >= 0.3 is 0 Å². The Bertz CT molecular complexity index is 764. The van der Waals surface area contributed by atoms with Gasteiger partial charge in [-0.05, 0) is 43.7 Å². The number of benzene rings is 2. The quantitative estimate of drug-likeness (QED) is 0.194. The molecule has 170 valence electrons. The Morgan fingerprint density at radius 2 is 1.65 bits per heavy atom. The van der Waals surface area contributed by atoms with E-state index in [0.29, 0.717) is 0 Å². The standard InChI is InChI=1S/C25H36N4O.HI/c1-21(23-13-7-4-8-14-23)29-25(15-18-30-19-16-25)20-28-24(26-2)27-17-9-12-22-10-5-3-6-11-22;/h3-8,10-11,13-14,21,29H,9,12,15-20H2,1-2H3,(H2,26,27,28);1H. The van der Waals surface area contributed by atoms with E-state index in [1.165, 1.54) is 11.1 Å². The summed E-state index contributed by atoms with van der Waals surface area (Å²) in [5.41, 5.74) is 2.68. The lowest BCUT2D eigenvalue weighted by Gasteiger charge is -2.41. The molecule has 0 aromatic heterocycles. The summed E-state index contributed by atoms with van der Waals surface area (Å²) in [5.74, 6) is 0.864. The minimum Gasteiger partial charge on any atom is -0.381 e.